The molecule has 0 aromatic heterocycles. The third-order valence-corrected chi connectivity index (χ3v) is 2.78. The second-order valence-corrected chi connectivity index (χ2v) is 4.34. The van der Waals surface area contributed by atoms with E-state index in [0.717, 1.165) is 12.0 Å². The maximum atomic E-state index is 12.7. The number of benzene rings is 1. The van der Waals surface area contributed by atoms with Crippen LogP contribution in [0.25, 0.3) is 0 Å². The highest BCUT2D eigenvalue weighted by Crippen LogP contribution is 2.02. The largest absolute Gasteiger partial charge is 0.383 e. The van der Waals surface area contributed by atoms with E-state index in [2.05, 4.69) is 10.6 Å². The normalized spacial score (nSPS) is 12.2. The Morgan fingerprint density at radius 1 is 1.32 bits per heavy atom. The molecule has 0 saturated carbocycles. The zero-order chi connectivity index (χ0) is 14.1. The van der Waals surface area contributed by atoms with Gasteiger partial charge >= 0.3 is 0 Å². The van der Waals surface area contributed by atoms with Crippen molar-refractivity contribution in [2.24, 2.45) is 0 Å². The van der Waals surface area contributed by atoms with Gasteiger partial charge in [-0.25, -0.2) is 4.39 Å². The molecule has 0 aliphatic rings. The van der Waals surface area contributed by atoms with Gasteiger partial charge in [0.25, 0.3) is 0 Å². The van der Waals surface area contributed by atoms with E-state index in [1.54, 1.807) is 19.2 Å². The molecule has 5 heteroatoms. The lowest BCUT2D eigenvalue weighted by Gasteiger charge is -2.13. The van der Waals surface area contributed by atoms with E-state index < -0.39 is 0 Å². The van der Waals surface area contributed by atoms with Crippen LogP contribution in [0.1, 0.15) is 12.5 Å². The molecule has 0 aliphatic carbocycles. The van der Waals surface area contributed by atoms with Gasteiger partial charge in [-0.1, -0.05) is 12.1 Å². The average molecular weight is 268 g/mol. The van der Waals surface area contributed by atoms with Gasteiger partial charge < -0.3 is 15.4 Å². The van der Waals surface area contributed by atoms with Gasteiger partial charge in [0.2, 0.25) is 5.91 Å². The minimum Gasteiger partial charge on any atom is -0.383 e. The van der Waals surface area contributed by atoms with Crippen LogP contribution in [-0.2, 0) is 16.0 Å². The predicted octanol–water partition coefficient (Wildman–Crippen LogP) is 1.11. The van der Waals surface area contributed by atoms with Crippen LogP contribution in [0.2, 0.25) is 0 Å². The van der Waals surface area contributed by atoms with Gasteiger partial charge in [0.1, 0.15) is 5.82 Å². The molecule has 1 amide bonds. The second-order valence-electron chi connectivity index (χ2n) is 4.34. The summed E-state index contributed by atoms with van der Waals surface area (Å²) >= 11 is 0. The Balaban J connectivity index is 2.20. The van der Waals surface area contributed by atoms with Crippen LogP contribution >= 0.6 is 0 Å². The Labute approximate surface area is 113 Å². The van der Waals surface area contributed by atoms with Gasteiger partial charge in [-0.15, -0.1) is 0 Å². The van der Waals surface area contributed by atoms with Crippen LogP contribution in [0, 0.1) is 5.82 Å². The molecule has 0 spiro atoms. The van der Waals surface area contributed by atoms with Crippen LogP contribution < -0.4 is 10.6 Å². The number of ether oxygens (including phenoxy) is 1. The van der Waals surface area contributed by atoms with E-state index in [1.165, 1.54) is 12.1 Å². The number of carbonyl (C=O) groups is 1. The standard InChI is InChI=1S/C14H21FN2O2/c1-11(14(18)17-9-10-19-2)16-8-7-12-3-5-13(15)6-4-12/h3-6,11,16H,7-10H2,1-2H3,(H,17,18). The highest BCUT2D eigenvalue weighted by Gasteiger charge is 2.10. The lowest BCUT2D eigenvalue weighted by molar-refractivity contribution is -0.122. The van der Waals surface area contributed by atoms with Crippen molar-refractivity contribution in [3.05, 3.63) is 35.6 Å². The van der Waals surface area contributed by atoms with E-state index in [9.17, 15) is 9.18 Å². The maximum Gasteiger partial charge on any atom is 0.236 e. The first-order valence-corrected chi connectivity index (χ1v) is 6.38. The third kappa shape index (κ3) is 6.31. The molecular weight excluding hydrogens is 247 g/mol. The Bertz CT molecular complexity index is 382. The molecular formula is C14H21FN2O2. The molecule has 0 radical (unpaired) electrons. The minimum absolute atomic E-state index is 0.0452. The molecule has 0 heterocycles. The molecule has 1 aromatic rings. The smallest absolute Gasteiger partial charge is 0.236 e. The van der Waals surface area contributed by atoms with Crippen molar-refractivity contribution < 1.29 is 13.9 Å². The number of halogens is 1. The molecule has 2 N–H and O–H groups in total. The number of rotatable bonds is 8. The Hall–Kier alpha value is -1.46. The molecule has 0 aliphatic heterocycles. The lowest BCUT2D eigenvalue weighted by Crippen LogP contribution is -2.43. The summed E-state index contributed by atoms with van der Waals surface area (Å²) < 4.78 is 17.6. The predicted molar refractivity (Wildman–Crippen MR) is 72.5 cm³/mol. The maximum absolute atomic E-state index is 12.7. The second kappa shape index (κ2) is 8.61. The monoisotopic (exact) mass is 268 g/mol. The van der Waals surface area contributed by atoms with E-state index >= 15 is 0 Å². The lowest BCUT2D eigenvalue weighted by atomic mass is 10.1. The fraction of sp³-hybridized carbons (Fsp3) is 0.500. The molecule has 0 fully saturated rings. The van der Waals surface area contributed by atoms with Crippen molar-refractivity contribution >= 4 is 5.91 Å². The zero-order valence-corrected chi connectivity index (χ0v) is 11.4. The van der Waals surface area contributed by atoms with E-state index in [0.29, 0.717) is 19.7 Å². The van der Waals surface area contributed by atoms with Crippen molar-refractivity contribution in [3.8, 4) is 0 Å². The molecule has 1 rings (SSSR count). The summed E-state index contributed by atoms with van der Waals surface area (Å²) in [6.07, 6.45) is 0.760. The van der Waals surface area contributed by atoms with Crippen molar-refractivity contribution in [3.63, 3.8) is 0 Å². The van der Waals surface area contributed by atoms with Gasteiger partial charge in [-0.05, 0) is 37.6 Å². The van der Waals surface area contributed by atoms with Gasteiger partial charge in [-0.3, -0.25) is 4.79 Å². The fourth-order valence-corrected chi connectivity index (χ4v) is 1.61. The number of nitrogens with one attached hydrogen (secondary N) is 2. The molecule has 1 unspecified atom stereocenters. The first-order valence-electron chi connectivity index (χ1n) is 6.38. The van der Waals surface area contributed by atoms with Crippen molar-refractivity contribution in [2.45, 2.75) is 19.4 Å². The molecule has 106 valence electrons. The number of carbonyl (C=O) groups excluding carboxylic acids is 1. The van der Waals surface area contributed by atoms with Crippen LogP contribution in [0.15, 0.2) is 24.3 Å². The molecule has 0 saturated heterocycles. The van der Waals surface area contributed by atoms with Crippen LogP contribution in [0.4, 0.5) is 4.39 Å². The molecule has 1 aromatic carbocycles. The minimum atomic E-state index is -0.252. The number of hydrogen-bond acceptors (Lipinski definition) is 3. The molecule has 0 bridgehead atoms. The third-order valence-electron chi connectivity index (χ3n) is 2.78. The summed E-state index contributed by atoms with van der Waals surface area (Å²) in [6.45, 7) is 3.50. The number of amides is 1. The van der Waals surface area contributed by atoms with Gasteiger partial charge in [0, 0.05) is 13.7 Å². The van der Waals surface area contributed by atoms with Crippen LogP contribution in [0.5, 0.6) is 0 Å². The van der Waals surface area contributed by atoms with Crippen LogP contribution in [0.3, 0.4) is 0 Å². The number of methoxy groups -OCH3 is 1. The van der Waals surface area contributed by atoms with Crippen molar-refractivity contribution in [1.29, 1.82) is 0 Å². The highest BCUT2D eigenvalue weighted by molar-refractivity contribution is 5.81. The Morgan fingerprint density at radius 3 is 2.63 bits per heavy atom. The van der Waals surface area contributed by atoms with Gasteiger partial charge in [-0.2, -0.15) is 0 Å². The quantitative estimate of drug-likeness (QED) is 0.694. The summed E-state index contributed by atoms with van der Waals surface area (Å²) in [4.78, 5) is 11.6. The zero-order valence-electron chi connectivity index (χ0n) is 11.4. The fourth-order valence-electron chi connectivity index (χ4n) is 1.61. The summed E-state index contributed by atoms with van der Waals surface area (Å²) in [5.41, 5.74) is 1.04. The Morgan fingerprint density at radius 2 is 2.00 bits per heavy atom. The highest BCUT2D eigenvalue weighted by atomic mass is 19.1. The molecule has 1 atom stereocenters. The first kappa shape index (κ1) is 15.6. The average Bonchev–Trinajstić information content (AvgIpc) is 2.41. The van der Waals surface area contributed by atoms with Gasteiger partial charge in [0.05, 0.1) is 12.6 Å². The van der Waals surface area contributed by atoms with Crippen LogP contribution in [-0.4, -0.2) is 38.8 Å². The molecule has 4 nitrogen and oxygen atoms in total. The van der Waals surface area contributed by atoms with Crippen molar-refractivity contribution in [1.82, 2.24) is 10.6 Å². The Kier molecular flexibility index (Phi) is 7.07. The first-order chi connectivity index (χ1) is 9.13. The van der Waals surface area contributed by atoms with Crippen molar-refractivity contribution in [2.75, 3.05) is 26.8 Å². The summed E-state index contributed by atoms with van der Waals surface area (Å²) in [7, 11) is 1.59. The van der Waals surface area contributed by atoms with Gasteiger partial charge in [0.15, 0.2) is 0 Å². The number of hydrogen-bond donors (Lipinski definition) is 2. The molecule has 19 heavy (non-hydrogen) atoms. The summed E-state index contributed by atoms with van der Waals surface area (Å²) in [5.74, 6) is -0.279. The summed E-state index contributed by atoms with van der Waals surface area (Å²) in [6, 6.07) is 6.13. The van der Waals surface area contributed by atoms with E-state index in [-0.39, 0.29) is 17.8 Å². The SMILES string of the molecule is COCCNC(=O)C(C)NCCc1ccc(F)cc1. The summed E-state index contributed by atoms with van der Waals surface area (Å²) in [5, 5.41) is 5.89. The topological polar surface area (TPSA) is 50.4 Å². The van der Waals surface area contributed by atoms with E-state index in [4.69, 9.17) is 4.74 Å². The van der Waals surface area contributed by atoms with E-state index in [1.807, 2.05) is 6.92 Å².